The summed E-state index contributed by atoms with van der Waals surface area (Å²) in [6.45, 7) is 2.29. The van der Waals surface area contributed by atoms with Crippen molar-refractivity contribution in [3.63, 3.8) is 0 Å². The second-order valence-corrected chi connectivity index (χ2v) is 10.9. The van der Waals surface area contributed by atoms with Gasteiger partial charge in [0.2, 0.25) is 0 Å². The van der Waals surface area contributed by atoms with Gasteiger partial charge in [-0.15, -0.1) is 11.3 Å². The Kier molecular flexibility index (Phi) is 7.27. The Hall–Kier alpha value is -2.38. The maximum Gasteiger partial charge on any atom is 0.0352 e. The number of hydrogen-bond acceptors (Lipinski definition) is 1. The minimum atomic E-state index is 1.23. The van der Waals surface area contributed by atoms with Crippen LogP contribution in [0.1, 0.15) is 76.0 Å². The van der Waals surface area contributed by atoms with Crippen LogP contribution in [-0.2, 0) is 6.42 Å². The van der Waals surface area contributed by atoms with Gasteiger partial charge in [-0.1, -0.05) is 107 Å². The van der Waals surface area contributed by atoms with Gasteiger partial charge in [0.1, 0.15) is 0 Å². The third-order valence-corrected chi connectivity index (χ3v) is 8.37. The van der Waals surface area contributed by atoms with Gasteiger partial charge in [0, 0.05) is 15.0 Å². The summed E-state index contributed by atoms with van der Waals surface area (Å²) >= 11 is 2.00. The Morgan fingerprint density at radius 2 is 1.15 bits per heavy atom. The number of hydrogen-bond donors (Lipinski definition) is 0. The first-order valence-electron chi connectivity index (χ1n) is 13.1. The Morgan fingerprint density at radius 3 is 1.91 bits per heavy atom. The zero-order valence-corrected chi connectivity index (χ0v) is 20.9. The smallest absolute Gasteiger partial charge is 0.0352 e. The van der Waals surface area contributed by atoms with Crippen LogP contribution in [0.2, 0.25) is 0 Å². The molecule has 1 aromatic heterocycles. The fourth-order valence-electron chi connectivity index (χ4n) is 5.31. The van der Waals surface area contributed by atoms with Crippen molar-refractivity contribution in [2.24, 2.45) is 0 Å². The lowest BCUT2D eigenvalue weighted by Gasteiger charge is -2.07. The molecule has 4 aromatic carbocycles. The van der Waals surface area contributed by atoms with E-state index in [4.69, 9.17) is 0 Å². The molecular weight excluding hydrogens is 416 g/mol. The molecule has 0 fully saturated rings. The molecule has 0 bridgehead atoms. The number of rotatable bonds is 11. The van der Waals surface area contributed by atoms with E-state index in [1.54, 1.807) is 4.88 Å². The summed E-state index contributed by atoms with van der Waals surface area (Å²) in [6.07, 6.45) is 15.3. The highest BCUT2D eigenvalue weighted by Crippen LogP contribution is 2.37. The van der Waals surface area contributed by atoms with E-state index in [1.807, 2.05) is 11.3 Å². The van der Waals surface area contributed by atoms with Gasteiger partial charge < -0.3 is 0 Å². The van der Waals surface area contributed by atoms with E-state index in [0.29, 0.717) is 0 Å². The van der Waals surface area contributed by atoms with Gasteiger partial charge in [0.05, 0.1) is 0 Å². The molecule has 0 radical (unpaired) electrons. The zero-order chi connectivity index (χ0) is 22.5. The SMILES string of the molecule is CCCCCCCCCCCCc1cc2c(ccc3c4cc5ccccc5cc4ccc23)s1. The van der Waals surface area contributed by atoms with Crippen LogP contribution in [0.5, 0.6) is 0 Å². The molecule has 0 atom stereocenters. The lowest BCUT2D eigenvalue weighted by molar-refractivity contribution is 0.557. The summed E-state index contributed by atoms with van der Waals surface area (Å²) in [5.41, 5.74) is 0. The quantitative estimate of drug-likeness (QED) is 0.106. The van der Waals surface area contributed by atoms with Gasteiger partial charge in [0.25, 0.3) is 0 Å². The third kappa shape index (κ3) is 5.09. The number of benzene rings is 4. The molecule has 5 rings (SSSR count). The molecule has 170 valence electrons. The molecule has 0 aliphatic heterocycles. The fraction of sp³-hybridized carbons (Fsp3) is 0.375. The summed E-state index contributed by atoms with van der Waals surface area (Å²) in [6, 6.07) is 25.2. The first kappa shape index (κ1) is 22.4. The summed E-state index contributed by atoms with van der Waals surface area (Å²) in [5.74, 6) is 0. The Labute approximate surface area is 202 Å². The van der Waals surface area contributed by atoms with Crippen LogP contribution in [0.15, 0.2) is 66.7 Å². The van der Waals surface area contributed by atoms with Crippen LogP contribution in [0.4, 0.5) is 0 Å². The van der Waals surface area contributed by atoms with Gasteiger partial charge in [-0.05, 0) is 69.4 Å². The molecule has 1 heteroatoms. The van der Waals surface area contributed by atoms with Crippen molar-refractivity contribution in [1.82, 2.24) is 0 Å². The summed E-state index contributed by atoms with van der Waals surface area (Å²) < 4.78 is 1.43. The molecule has 0 saturated heterocycles. The van der Waals surface area contributed by atoms with Gasteiger partial charge >= 0.3 is 0 Å². The van der Waals surface area contributed by atoms with E-state index in [2.05, 4.69) is 73.7 Å². The highest BCUT2D eigenvalue weighted by atomic mass is 32.1. The van der Waals surface area contributed by atoms with Crippen molar-refractivity contribution in [3.8, 4) is 0 Å². The van der Waals surface area contributed by atoms with Gasteiger partial charge in [0.15, 0.2) is 0 Å². The van der Waals surface area contributed by atoms with Crippen LogP contribution >= 0.6 is 11.3 Å². The normalized spacial score (nSPS) is 11.9. The predicted molar refractivity (Wildman–Crippen MR) is 150 cm³/mol. The van der Waals surface area contributed by atoms with Crippen LogP contribution < -0.4 is 0 Å². The van der Waals surface area contributed by atoms with Crippen molar-refractivity contribution < 1.29 is 0 Å². The van der Waals surface area contributed by atoms with Crippen LogP contribution in [0, 0.1) is 0 Å². The summed E-state index contributed by atoms with van der Waals surface area (Å²) in [4.78, 5) is 1.55. The van der Waals surface area contributed by atoms with E-state index >= 15 is 0 Å². The minimum absolute atomic E-state index is 1.23. The molecule has 33 heavy (non-hydrogen) atoms. The predicted octanol–water partition coefficient (Wildman–Crippen LogP) is 10.8. The zero-order valence-electron chi connectivity index (χ0n) is 20.0. The molecule has 5 aromatic rings. The van der Waals surface area contributed by atoms with Crippen molar-refractivity contribution >= 4 is 53.7 Å². The van der Waals surface area contributed by atoms with E-state index < -0.39 is 0 Å². The summed E-state index contributed by atoms with van der Waals surface area (Å²) in [7, 11) is 0. The number of unbranched alkanes of at least 4 members (excludes halogenated alkanes) is 9. The molecule has 0 aliphatic carbocycles. The summed E-state index contributed by atoms with van der Waals surface area (Å²) in [5, 5.41) is 9.57. The van der Waals surface area contributed by atoms with Crippen molar-refractivity contribution in [1.29, 1.82) is 0 Å². The molecule has 0 nitrogen and oxygen atoms in total. The largest absolute Gasteiger partial charge is 0.140 e. The Balaban J connectivity index is 1.26. The molecule has 0 aliphatic rings. The molecule has 0 spiro atoms. The molecule has 1 heterocycles. The third-order valence-electron chi connectivity index (χ3n) is 7.21. The van der Waals surface area contributed by atoms with E-state index in [1.165, 1.54) is 113 Å². The van der Waals surface area contributed by atoms with Crippen molar-refractivity contribution in [3.05, 3.63) is 71.6 Å². The number of aryl methyl sites for hydroxylation is 1. The maximum atomic E-state index is 2.48. The van der Waals surface area contributed by atoms with Gasteiger partial charge in [-0.25, -0.2) is 0 Å². The van der Waals surface area contributed by atoms with E-state index in [-0.39, 0.29) is 0 Å². The Bertz CT molecular complexity index is 1360. The van der Waals surface area contributed by atoms with Crippen LogP contribution in [-0.4, -0.2) is 0 Å². The average Bonchev–Trinajstić information content (AvgIpc) is 3.27. The maximum absolute atomic E-state index is 2.48. The lowest BCUT2D eigenvalue weighted by Crippen LogP contribution is -1.84. The number of fused-ring (bicyclic) bond motifs is 6. The van der Waals surface area contributed by atoms with Crippen LogP contribution in [0.3, 0.4) is 0 Å². The van der Waals surface area contributed by atoms with E-state index in [0.717, 1.165) is 0 Å². The highest BCUT2D eigenvalue weighted by molar-refractivity contribution is 7.19. The Morgan fingerprint density at radius 1 is 0.515 bits per heavy atom. The van der Waals surface area contributed by atoms with Gasteiger partial charge in [-0.3, -0.25) is 0 Å². The van der Waals surface area contributed by atoms with Crippen molar-refractivity contribution in [2.75, 3.05) is 0 Å². The topological polar surface area (TPSA) is 0 Å². The average molecular weight is 453 g/mol. The van der Waals surface area contributed by atoms with Crippen LogP contribution in [0.25, 0.3) is 42.4 Å². The standard InChI is InChI=1S/C32H36S/c1-2-3-4-5-6-7-8-9-10-11-16-27-23-31-29-18-17-26-21-24-14-12-13-15-25(24)22-30(26)28(29)19-20-32(31)33-27/h12-15,17-23H,2-11,16H2,1H3. The number of thiophene rings is 1. The second kappa shape index (κ2) is 10.7. The molecule has 0 saturated carbocycles. The molecule has 0 amide bonds. The molecular formula is C32H36S. The van der Waals surface area contributed by atoms with E-state index in [9.17, 15) is 0 Å². The van der Waals surface area contributed by atoms with Gasteiger partial charge in [-0.2, -0.15) is 0 Å². The fourth-order valence-corrected chi connectivity index (χ4v) is 6.43. The second-order valence-electron chi connectivity index (χ2n) is 9.70. The molecule has 0 N–H and O–H groups in total. The van der Waals surface area contributed by atoms with Crippen molar-refractivity contribution in [2.45, 2.75) is 77.6 Å². The first-order chi connectivity index (χ1) is 16.3. The molecule has 0 unspecified atom stereocenters. The highest BCUT2D eigenvalue weighted by Gasteiger charge is 2.09. The lowest BCUT2D eigenvalue weighted by atomic mass is 9.97. The minimum Gasteiger partial charge on any atom is -0.140 e. The monoisotopic (exact) mass is 452 g/mol. The first-order valence-corrected chi connectivity index (χ1v) is 13.9.